The number of hydrogen-bond donors (Lipinski definition) is 1. The number of aliphatic hydroxyl groups is 1. The van der Waals surface area contributed by atoms with Crippen molar-refractivity contribution in [3.05, 3.63) is 29.6 Å². The lowest BCUT2D eigenvalue weighted by Gasteiger charge is -2.37. The highest BCUT2D eigenvalue weighted by molar-refractivity contribution is 5.35. The Balaban J connectivity index is 1.69. The zero-order valence-corrected chi connectivity index (χ0v) is 12.8. The lowest BCUT2D eigenvalue weighted by Crippen LogP contribution is -2.40. The minimum Gasteiger partial charge on any atom is -0.496 e. The van der Waals surface area contributed by atoms with E-state index in [0.717, 1.165) is 12.8 Å². The van der Waals surface area contributed by atoms with Gasteiger partial charge in [0.15, 0.2) is 0 Å². The van der Waals surface area contributed by atoms with E-state index >= 15 is 0 Å². The fourth-order valence-electron chi connectivity index (χ4n) is 4.12. The number of halogens is 1. The summed E-state index contributed by atoms with van der Waals surface area (Å²) in [6.45, 7) is 0. The van der Waals surface area contributed by atoms with Crippen LogP contribution in [0.3, 0.4) is 0 Å². The number of rotatable bonds is 4. The highest BCUT2D eigenvalue weighted by atomic mass is 19.1. The maximum absolute atomic E-state index is 13.4. The smallest absolute Gasteiger partial charge is 0.124 e. The first-order valence-corrected chi connectivity index (χ1v) is 7.82. The Hall–Kier alpha value is -1.13. The van der Waals surface area contributed by atoms with E-state index < -0.39 is 6.10 Å². The number of ether oxygens (including phenoxy) is 1. The van der Waals surface area contributed by atoms with Crippen molar-refractivity contribution in [1.29, 1.82) is 0 Å². The van der Waals surface area contributed by atoms with Gasteiger partial charge in [-0.3, -0.25) is 0 Å². The van der Waals surface area contributed by atoms with E-state index in [1.807, 2.05) is 0 Å². The third-order valence-electron chi connectivity index (χ3n) is 5.30. The Morgan fingerprint density at radius 3 is 2.62 bits per heavy atom. The number of aliphatic hydroxyl groups excluding tert-OH is 1. The molecule has 2 saturated heterocycles. The van der Waals surface area contributed by atoms with E-state index in [1.54, 1.807) is 13.2 Å². The van der Waals surface area contributed by atoms with Gasteiger partial charge in [0.05, 0.1) is 13.2 Å². The van der Waals surface area contributed by atoms with Gasteiger partial charge in [0.2, 0.25) is 0 Å². The Bertz CT molecular complexity index is 494. The molecule has 2 fully saturated rings. The molecule has 116 valence electrons. The number of piperidine rings is 1. The predicted molar refractivity (Wildman–Crippen MR) is 79.8 cm³/mol. The van der Waals surface area contributed by atoms with Crippen molar-refractivity contribution in [1.82, 2.24) is 4.90 Å². The minimum absolute atomic E-state index is 0.326. The number of fused-ring (bicyclic) bond motifs is 2. The molecule has 0 aliphatic carbocycles. The molecular weight excluding hydrogens is 269 g/mol. The SMILES string of the molecule is COc1ccc(F)cc1C(O)CC1CC2CCC(C1)N2C. The molecule has 3 atom stereocenters. The molecular formula is C17H24FNO2. The molecule has 2 heterocycles. The molecule has 0 radical (unpaired) electrons. The fourth-order valence-corrected chi connectivity index (χ4v) is 4.12. The Labute approximate surface area is 125 Å². The molecule has 0 spiro atoms. The molecule has 1 N–H and O–H groups in total. The van der Waals surface area contributed by atoms with E-state index in [4.69, 9.17) is 4.74 Å². The maximum Gasteiger partial charge on any atom is 0.124 e. The van der Waals surface area contributed by atoms with Gasteiger partial charge in [-0.25, -0.2) is 4.39 Å². The molecule has 3 unspecified atom stereocenters. The molecule has 2 aliphatic rings. The van der Waals surface area contributed by atoms with Crippen LogP contribution in [0.25, 0.3) is 0 Å². The zero-order chi connectivity index (χ0) is 15.0. The van der Waals surface area contributed by atoms with Crippen LogP contribution in [0, 0.1) is 11.7 Å². The molecule has 1 aromatic carbocycles. The quantitative estimate of drug-likeness (QED) is 0.926. The average Bonchev–Trinajstić information content (AvgIpc) is 2.69. The summed E-state index contributed by atoms with van der Waals surface area (Å²) in [4.78, 5) is 2.49. The zero-order valence-electron chi connectivity index (χ0n) is 12.8. The lowest BCUT2D eigenvalue weighted by molar-refractivity contribution is 0.0823. The summed E-state index contributed by atoms with van der Waals surface area (Å²) in [6.07, 6.45) is 4.88. The van der Waals surface area contributed by atoms with E-state index in [-0.39, 0.29) is 5.82 Å². The van der Waals surface area contributed by atoms with Gasteiger partial charge in [0.1, 0.15) is 11.6 Å². The van der Waals surface area contributed by atoms with Gasteiger partial charge in [-0.2, -0.15) is 0 Å². The Kier molecular flexibility index (Phi) is 4.18. The van der Waals surface area contributed by atoms with Crippen molar-refractivity contribution in [2.75, 3.05) is 14.2 Å². The molecule has 3 nitrogen and oxygen atoms in total. The van der Waals surface area contributed by atoms with Crippen LogP contribution in [0.5, 0.6) is 5.75 Å². The summed E-state index contributed by atoms with van der Waals surface area (Å²) in [6, 6.07) is 5.68. The van der Waals surface area contributed by atoms with Crippen LogP contribution in [0.15, 0.2) is 18.2 Å². The number of hydrogen-bond acceptors (Lipinski definition) is 3. The van der Waals surface area contributed by atoms with E-state index in [1.165, 1.54) is 25.0 Å². The van der Waals surface area contributed by atoms with E-state index in [9.17, 15) is 9.50 Å². The summed E-state index contributed by atoms with van der Waals surface area (Å²) in [5.74, 6) is 0.759. The molecule has 2 bridgehead atoms. The first-order valence-electron chi connectivity index (χ1n) is 7.82. The second-order valence-corrected chi connectivity index (χ2v) is 6.53. The highest BCUT2D eigenvalue weighted by Crippen LogP contribution is 2.41. The van der Waals surface area contributed by atoms with Gasteiger partial charge in [-0.05, 0) is 63.3 Å². The standard InChI is InChI=1S/C17H24FNO2/c1-19-13-4-5-14(19)8-11(7-13)9-16(20)15-10-12(18)3-6-17(15)21-2/h3,6,10-11,13-14,16,20H,4-5,7-9H2,1-2H3. The van der Waals surface area contributed by atoms with Gasteiger partial charge >= 0.3 is 0 Å². The van der Waals surface area contributed by atoms with Crippen LogP contribution in [0.4, 0.5) is 4.39 Å². The number of benzene rings is 1. The molecule has 21 heavy (non-hydrogen) atoms. The van der Waals surface area contributed by atoms with Crippen molar-refractivity contribution in [2.45, 2.75) is 50.3 Å². The molecule has 4 heteroatoms. The Morgan fingerprint density at radius 2 is 2.00 bits per heavy atom. The summed E-state index contributed by atoms with van der Waals surface area (Å²) in [7, 11) is 3.77. The number of nitrogens with zero attached hydrogens (tertiary/aromatic N) is 1. The summed E-state index contributed by atoms with van der Waals surface area (Å²) in [5.41, 5.74) is 0.573. The van der Waals surface area contributed by atoms with Crippen molar-refractivity contribution in [3.63, 3.8) is 0 Å². The molecule has 0 amide bonds. The first-order chi connectivity index (χ1) is 10.1. The van der Waals surface area contributed by atoms with Crippen LogP contribution < -0.4 is 4.74 Å². The van der Waals surface area contributed by atoms with Crippen molar-refractivity contribution < 1.29 is 14.2 Å². The number of methoxy groups -OCH3 is 1. The fraction of sp³-hybridized carbons (Fsp3) is 0.647. The van der Waals surface area contributed by atoms with Gasteiger partial charge in [0, 0.05) is 17.6 Å². The lowest BCUT2D eigenvalue weighted by atomic mass is 9.85. The van der Waals surface area contributed by atoms with Gasteiger partial charge in [-0.1, -0.05) is 0 Å². The molecule has 2 aliphatic heterocycles. The Morgan fingerprint density at radius 1 is 1.33 bits per heavy atom. The van der Waals surface area contributed by atoms with E-state index in [0.29, 0.717) is 35.7 Å². The minimum atomic E-state index is -0.650. The summed E-state index contributed by atoms with van der Waals surface area (Å²) in [5, 5.41) is 10.5. The molecule has 3 rings (SSSR count). The van der Waals surface area contributed by atoms with Crippen molar-refractivity contribution >= 4 is 0 Å². The van der Waals surface area contributed by atoms with Gasteiger partial charge < -0.3 is 14.7 Å². The predicted octanol–water partition coefficient (Wildman–Crippen LogP) is 3.13. The molecule has 1 aromatic rings. The highest BCUT2D eigenvalue weighted by Gasteiger charge is 2.39. The molecule has 0 saturated carbocycles. The monoisotopic (exact) mass is 293 g/mol. The van der Waals surface area contributed by atoms with Crippen LogP contribution >= 0.6 is 0 Å². The normalized spacial score (nSPS) is 30.4. The third kappa shape index (κ3) is 2.92. The summed E-state index contributed by atoms with van der Waals surface area (Å²) >= 11 is 0. The van der Waals surface area contributed by atoms with Crippen LogP contribution in [0.1, 0.15) is 43.8 Å². The van der Waals surface area contributed by atoms with Crippen LogP contribution in [0.2, 0.25) is 0 Å². The third-order valence-corrected chi connectivity index (χ3v) is 5.30. The van der Waals surface area contributed by atoms with E-state index in [2.05, 4.69) is 11.9 Å². The van der Waals surface area contributed by atoms with Gasteiger partial charge in [0.25, 0.3) is 0 Å². The van der Waals surface area contributed by atoms with Crippen molar-refractivity contribution in [2.24, 2.45) is 5.92 Å². The molecule has 0 aromatic heterocycles. The second kappa shape index (κ2) is 5.93. The first kappa shape index (κ1) is 14.8. The van der Waals surface area contributed by atoms with Crippen LogP contribution in [-0.4, -0.2) is 36.2 Å². The topological polar surface area (TPSA) is 32.7 Å². The second-order valence-electron chi connectivity index (χ2n) is 6.53. The summed E-state index contributed by atoms with van der Waals surface area (Å²) < 4.78 is 18.7. The van der Waals surface area contributed by atoms with Crippen LogP contribution in [-0.2, 0) is 0 Å². The van der Waals surface area contributed by atoms with Gasteiger partial charge in [-0.15, -0.1) is 0 Å². The maximum atomic E-state index is 13.4. The average molecular weight is 293 g/mol. The largest absolute Gasteiger partial charge is 0.496 e. The van der Waals surface area contributed by atoms with Crippen molar-refractivity contribution in [3.8, 4) is 5.75 Å².